The lowest BCUT2D eigenvalue weighted by Crippen LogP contribution is -2.30. The summed E-state index contributed by atoms with van der Waals surface area (Å²) in [6.07, 6.45) is 66.0. The average Bonchev–Trinajstić information content (AvgIpc) is 3.29. The number of carbonyl (C=O) groups excluding carboxylic acids is 3. The average molecular weight is 893 g/mol. The van der Waals surface area contributed by atoms with Crippen molar-refractivity contribution in [2.24, 2.45) is 0 Å². The van der Waals surface area contributed by atoms with Crippen molar-refractivity contribution < 1.29 is 28.6 Å². The molecule has 0 saturated heterocycles. The van der Waals surface area contributed by atoms with Crippen LogP contribution in [0.2, 0.25) is 0 Å². The molecule has 0 bridgehead atoms. The number of carbonyl (C=O) groups is 3. The lowest BCUT2D eigenvalue weighted by atomic mass is 10.1. The van der Waals surface area contributed by atoms with Crippen molar-refractivity contribution in [2.45, 2.75) is 264 Å². The molecular formula is C58H100O6. The number of unbranched alkanes of at least 4 members (excludes halogenated alkanes) is 25. The fourth-order valence-corrected chi connectivity index (χ4v) is 7.31. The van der Waals surface area contributed by atoms with Gasteiger partial charge in [0.05, 0.1) is 0 Å². The van der Waals surface area contributed by atoms with Gasteiger partial charge in [0.1, 0.15) is 13.2 Å². The fourth-order valence-electron chi connectivity index (χ4n) is 7.31. The molecule has 6 nitrogen and oxygen atoms in total. The monoisotopic (exact) mass is 893 g/mol. The van der Waals surface area contributed by atoms with Gasteiger partial charge in [-0.25, -0.2) is 0 Å². The molecule has 0 N–H and O–H groups in total. The van der Waals surface area contributed by atoms with Crippen LogP contribution in [0.1, 0.15) is 258 Å². The third kappa shape index (κ3) is 49.9. The highest BCUT2D eigenvalue weighted by molar-refractivity contribution is 5.71. The topological polar surface area (TPSA) is 78.9 Å². The Hall–Kier alpha value is -3.15. The molecule has 0 aromatic heterocycles. The smallest absolute Gasteiger partial charge is 0.306 e. The highest BCUT2D eigenvalue weighted by Crippen LogP contribution is 2.14. The number of hydrogen-bond acceptors (Lipinski definition) is 6. The van der Waals surface area contributed by atoms with Gasteiger partial charge in [0, 0.05) is 19.3 Å². The van der Waals surface area contributed by atoms with Crippen molar-refractivity contribution in [3.63, 3.8) is 0 Å². The predicted octanol–water partition coefficient (Wildman–Crippen LogP) is 17.8. The standard InChI is InChI=1S/C58H100O6/c1-4-7-10-13-16-19-22-25-28-29-31-33-36-39-42-45-48-51-57(60)63-54-55(53-62-56(59)50-47-44-41-38-35-32-27-24-21-18-15-12-9-6-3)64-58(61)52-49-46-43-40-37-34-30-26-23-20-17-14-11-8-5-2/h16,19-20,23-25,27-28,31,33,39,42,55H,4-15,17-18,21-22,26,29-30,32,34-38,40-41,43-54H2,1-3H3/b19-16+,23-20+,27-24+,28-25+,33-31+,42-39+/t55-/m1/s1. The van der Waals surface area contributed by atoms with Crippen LogP contribution in [-0.2, 0) is 28.6 Å². The number of hydrogen-bond donors (Lipinski definition) is 0. The minimum atomic E-state index is -0.802. The summed E-state index contributed by atoms with van der Waals surface area (Å²) in [7, 11) is 0. The van der Waals surface area contributed by atoms with E-state index in [1.54, 1.807) is 0 Å². The van der Waals surface area contributed by atoms with E-state index in [9.17, 15) is 14.4 Å². The van der Waals surface area contributed by atoms with E-state index in [2.05, 4.69) is 93.7 Å². The molecule has 6 heteroatoms. The Morgan fingerprint density at radius 3 is 1.00 bits per heavy atom. The van der Waals surface area contributed by atoms with Crippen LogP contribution in [0.15, 0.2) is 72.9 Å². The lowest BCUT2D eigenvalue weighted by molar-refractivity contribution is -0.167. The first-order chi connectivity index (χ1) is 31.5. The number of esters is 3. The van der Waals surface area contributed by atoms with Crippen LogP contribution in [0, 0.1) is 0 Å². The highest BCUT2D eigenvalue weighted by atomic mass is 16.6. The summed E-state index contributed by atoms with van der Waals surface area (Å²) in [4.78, 5) is 38.0. The summed E-state index contributed by atoms with van der Waals surface area (Å²) >= 11 is 0. The second-order valence-electron chi connectivity index (χ2n) is 17.8. The zero-order chi connectivity index (χ0) is 46.5. The van der Waals surface area contributed by atoms with Crippen LogP contribution in [0.25, 0.3) is 0 Å². The number of ether oxygens (including phenoxy) is 3. The molecule has 1 atom stereocenters. The summed E-state index contributed by atoms with van der Waals surface area (Å²) < 4.78 is 16.8. The number of rotatable bonds is 48. The molecule has 0 aliphatic carbocycles. The van der Waals surface area contributed by atoms with E-state index in [1.165, 1.54) is 141 Å². The van der Waals surface area contributed by atoms with Gasteiger partial charge in [-0.15, -0.1) is 0 Å². The fraction of sp³-hybridized carbons (Fsp3) is 0.741. The first-order valence-electron chi connectivity index (χ1n) is 26.9. The molecule has 0 unspecified atom stereocenters. The SMILES string of the molecule is CCCCC/C=C/C/C=C/C/C=C/C/C=C/CCCC(=O)OC[C@@H](COC(=O)CCCCCCC/C=C/CCCCCCC)OC(=O)CCCCCCCCC/C=C/CCCCCC. The van der Waals surface area contributed by atoms with Gasteiger partial charge in [0.25, 0.3) is 0 Å². The maximum atomic E-state index is 12.8. The predicted molar refractivity (Wildman–Crippen MR) is 274 cm³/mol. The minimum Gasteiger partial charge on any atom is -0.462 e. The van der Waals surface area contributed by atoms with Crippen molar-refractivity contribution in [1.29, 1.82) is 0 Å². The first kappa shape index (κ1) is 60.9. The second-order valence-corrected chi connectivity index (χ2v) is 17.8. The van der Waals surface area contributed by atoms with Gasteiger partial charge in [0.15, 0.2) is 6.10 Å². The van der Waals surface area contributed by atoms with E-state index >= 15 is 0 Å². The number of allylic oxidation sites excluding steroid dienone is 12. The van der Waals surface area contributed by atoms with E-state index in [1.807, 2.05) is 0 Å². The summed E-state index contributed by atoms with van der Waals surface area (Å²) in [6.45, 7) is 6.54. The minimum absolute atomic E-state index is 0.0982. The maximum Gasteiger partial charge on any atom is 0.306 e. The Morgan fingerprint density at radius 1 is 0.312 bits per heavy atom. The normalized spacial score (nSPS) is 12.6. The van der Waals surface area contributed by atoms with Crippen molar-refractivity contribution in [3.05, 3.63) is 72.9 Å². The largest absolute Gasteiger partial charge is 0.462 e. The zero-order valence-corrected chi connectivity index (χ0v) is 42.0. The third-order valence-corrected chi connectivity index (χ3v) is 11.4. The molecular weight excluding hydrogens is 793 g/mol. The summed E-state index contributed by atoms with van der Waals surface area (Å²) in [5.41, 5.74) is 0. The van der Waals surface area contributed by atoms with Gasteiger partial charge in [-0.1, -0.05) is 203 Å². The van der Waals surface area contributed by atoms with E-state index in [0.717, 1.165) is 70.6 Å². The van der Waals surface area contributed by atoms with E-state index in [-0.39, 0.29) is 37.5 Å². The van der Waals surface area contributed by atoms with Gasteiger partial charge in [-0.3, -0.25) is 14.4 Å². The van der Waals surface area contributed by atoms with Crippen LogP contribution in [0.4, 0.5) is 0 Å². The van der Waals surface area contributed by atoms with Gasteiger partial charge in [0.2, 0.25) is 0 Å². The van der Waals surface area contributed by atoms with Crippen molar-refractivity contribution in [1.82, 2.24) is 0 Å². The third-order valence-electron chi connectivity index (χ3n) is 11.4. The first-order valence-corrected chi connectivity index (χ1v) is 26.9. The quantitative estimate of drug-likeness (QED) is 0.0262. The van der Waals surface area contributed by atoms with E-state index in [4.69, 9.17) is 14.2 Å². The second kappa shape index (κ2) is 52.5. The molecule has 0 spiro atoms. The highest BCUT2D eigenvalue weighted by Gasteiger charge is 2.19. The lowest BCUT2D eigenvalue weighted by Gasteiger charge is -2.18. The molecule has 0 radical (unpaired) electrons. The van der Waals surface area contributed by atoms with Crippen molar-refractivity contribution in [2.75, 3.05) is 13.2 Å². The Kier molecular flexibility index (Phi) is 49.9. The molecule has 0 aliphatic rings. The summed E-state index contributed by atoms with van der Waals surface area (Å²) in [6, 6.07) is 0. The molecule has 0 aromatic carbocycles. The summed E-state index contributed by atoms with van der Waals surface area (Å²) in [5.74, 6) is -0.966. The van der Waals surface area contributed by atoms with Gasteiger partial charge < -0.3 is 14.2 Å². The molecule has 0 aromatic rings. The van der Waals surface area contributed by atoms with Gasteiger partial charge in [-0.2, -0.15) is 0 Å². The van der Waals surface area contributed by atoms with Crippen LogP contribution < -0.4 is 0 Å². The Morgan fingerprint density at radius 2 is 0.578 bits per heavy atom. The molecule has 0 rings (SSSR count). The molecule has 0 saturated carbocycles. The van der Waals surface area contributed by atoms with Crippen LogP contribution in [0.3, 0.4) is 0 Å². The zero-order valence-electron chi connectivity index (χ0n) is 42.0. The Labute approximate surface area is 395 Å². The van der Waals surface area contributed by atoms with Crippen molar-refractivity contribution in [3.8, 4) is 0 Å². The molecule has 368 valence electrons. The Balaban J connectivity index is 4.48. The van der Waals surface area contributed by atoms with Crippen molar-refractivity contribution >= 4 is 17.9 Å². The molecule has 0 fully saturated rings. The molecule has 0 aliphatic heterocycles. The molecule has 0 amide bonds. The summed E-state index contributed by atoms with van der Waals surface area (Å²) in [5, 5.41) is 0. The molecule has 0 heterocycles. The maximum absolute atomic E-state index is 12.8. The Bertz CT molecular complexity index is 1210. The van der Waals surface area contributed by atoms with E-state index in [0.29, 0.717) is 19.3 Å². The molecule has 64 heavy (non-hydrogen) atoms. The van der Waals surface area contributed by atoms with Crippen LogP contribution in [-0.4, -0.2) is 37.2 Å². The van der Waals surface area contributed by atoms with Crippen LogP contribution >= 0.6 is 0 Å². The van der Waals surface area contributed by atoms with E-state index < -0.39 is 6.10 Å². The van der Waals surface area contributed by atoms with Gasteiger partial charge >= 0.3 is 17.9 Å². The van der Waals surface area contributed by atoms with Crippen LogP contribution in [0.5, 0.6) is 0 Å². The van der Waals surface area contributed by atoms with Gasteiger partial charge in [-0.05, 0) is 109 Å².